The van der Waals surface area contributed by atoms with Gasteiger partial charge in [-0.05, 0) is 49.2 Å². The molecule has 0 fully saturated rings. The third-order valence-corrected chi connectivity index (χ3v) is 4.99. The summed E-state index contributed by atoms with van der Waals surface area (Å²) in [5.74, 6) is -0.325. The maximum absolute atomic E-state index is 10.7. The van der Waals surface area contributed by atoms with Gasteiger partial charge in [0.1, 0.15) is 34.5 Å². The van der Waals surface area contributed by atoms with Crippen LogP contribution < -0.4 is 0 Å². The summed E-state index contributed by atoms with van der Waals surface area (Å²) in [5.41, 5.74) is 2.44. The predicted molar refractivity (Wildman–Crippen MR) is 104 cm³/mol. The highest BCUT2D eigenvalue weighted by atomic mass is 16.3. The molecule has 0 aliphatic carbocycles. The number of phenolic OH excluding ortho intramolecular Hbond substituents is 6. The van der Waals surface area contributed by atoms with Gasteiger partial charge in [-0.2, -0.15) is 0 Å². The zero-order chi connectivity index (χ0) is 20.6. The molecule has 6 N–H and O–H groups in total. The number of benzene rings is 3. The first-order valence-electron chi connectivity index (χ1n) is 8.73. The van der Waals surface area contributed by atoms with Gasteiger partial charge in [0, 0.05) is 35.1 Å². The quantitative estimate of drug-likeness (QED) is 0.383. The largest absolute Gasteiger partial charge is 0.508 e. The van der Waals surface area contributed by atoms with Crippen LogP contribution in [-0.2, 0) is 12.8 Å². The van der Waals surface area contributed by atoms with Crippen LogP contribution in [0.4, 0.5) is 0 Å². The summed E-state index contributed by atoms with van der Waals surface area (Å²) in [6.07, 6.45) is 0.279. The molecule has 0 heterocycles. The van der Waals surface area contributed by atoms with E-state index in [0.29, 0.717) is 33.4 Å². The van der Waals surface area contributed by atoms with Crippen LogP contribution in [-0.4, -0.2) is 30.6 Å². The Labute approximate surface area is 162 Å². The van der Waals surface area contributed by atoms with Crippen molar-refractivity contribution in [2.75, 3.05) is 0 Å². The molecule has 0 aliphatic heterocycles. The molecule has 0 unspecified atom stereocenters. The summed E-state index contributed by atoms with van der Waals surface area (Å²) in [4.78, 5) is 0. The zero-order valence-electron chi connectivity index (χ0n) is 15.6. The van der Waals surface area contributed by atoms with Gasteiger partial charge in [-0.1, -0.05) is 12.1 Å². The molecule has 6 heteroatoms. The Morgan fingerprint density at radius 3 is 1.32 bits per heavy atom. The highest BCUT2D eigenvalue weighted by Gasteiger charge is 2.17. The molecule has 0 amide bonds. The smallest absolute Gasteiger partial charge is 0.125 e. The first kappa shape index (κ1) is 19.2. The molecule has 3 rings (SSSR count). The van der Waals surface area contributed by atoms with Crippen LogP contribution in [0, 0.1) is 13.8 Å². The molecule has 0 saturated heterocycles. The molecule has 0 radical (unpaired) electrons. The second-order valence-corrected chi connectivity index (χ2v) is 6.90. The lowest BCUT2D eigenvalue weighted by Crippen LogP contribution is -1.97. The van der Waals surface area contributed by atoms with Crippen molar-refractivity contribution in [3.63, 3.8) is 0 Å². The van der Waals surface area contributed by atoms with E-state index in [-0.39, 0.29) is 47.3 Å². The van der Waals surface area contributed by atoms with Crippen LogP contribution in [0.5, 0.6) is 34.5 Å². The number of phenols is 6. The second kappa shape index (κ2) is 7.23. The maximum atomic E-state index is 10.7. The number of rotatable bonds is 4. The summed E-state index contributed by atoms with van der Waals surface area (Å²) in [6, 6.07) is 8.83. The molecule has 0 saturated carbocycles. The fourth-order valence-electron chi connectivity index (χ4n) is 3.20. The van der Waals surface area contributed by atoms with Gasteiger partial charge in [-0.25, -0.2) is 0 Å². The van der Waals surface area contributed by atoms with Crippen LogP contribution in [0.25, 0.3) is 0 Å². The Bertz CT molecular complexity index is 975. The molecule has 0 aromatic heterocycles. The van der Waals surface area contributed by atoms with E-state index in [0.717, 1.165) is 0 Å². The Morgan fingerprint density at radius 1 is 0.536 bits per heavy atom. The molecular weight excluding hydrogens is 360 g/mol. The average molecular weight is 382 g/mol. The molecule has 0 atom stereocenters. The molecule has 0 aliphatic rings. The van der Waals surface area contributed by atoms with Gasteiger partial charge in [0.15, 0.2) is 0 Å². The van der Waals surface area contributed by atoms with Crippen LogP contribution >= 0.6 is 0 Å². The van der Waals surface area contributed by atoms with Gasteiger partial charge >= 0.3 is 0 Å². The van der Waals surface area contributed by atoms with Crippen molar-refractivity contribution < 1.29 is 30.6 Å². The van der Waals surface area contributed by atoms with Crippen LogP contribution in [0.2, 0.25) is 0 Å². The predicted octanol–water partition coefficient (Wildman–Crippen LogP) is 3.72. The van der Waals surface area contributed by atoms with Crippen LogP contribution in [0.1, 0.15) is 33.4 Å². The summed E-state index contributed by atoms with van der Waals surface area (Å²) in [7, 11) is 0. The lowest BCUT2D eigenvalue weighted by atomic mass is 9.95. The summed E-state index contributed by atoms with van der Waals surface area (Å²) in [6.45, 7) is 3.16. The molecule has 146 valence electrons. The van der Waals surface area contributed by atoms with E-state index in [1.54, 1.807) is 26.0 Å². The molecule has 0 spiro atoms. The summed E-state index contributed by atoms with van der Waals surface area (Å²) >= 11 is 0. The maximum Gasteiger partial charge on any atom is 0.125 e. The highest BCUT2D eigenvalue weighted by molar-refractivity contribution is 5.55. The molecular formula is C22H22O6. The monoisotopic (exact) mass is 382 g/mol. The van der Waals surface area contributed by atoms with E-state index in [1.165, 1.54) is 24.3 Å². The third-order valence-electron chi connectivity index (χ3n) is 4.99. The minimum Gasteiger partial charge on any atom is -0.508 e. The Kier molecular flexibility index (Phi) is 4.96. The van der Waals surface area contributed by atoms with Crippen molar-refractivity contribution in [2.45, 2.75) is 26.7 Å². The first-order valence-corrected chi connectivity index (χ1v) is 8.73. The third kappa shape index (κ3) is 3.49. The topological polar surface area (TPSA) is 121 Å². The van der Waals surface area contributed by atoms with Crippen molar-refractivity contribution in [2.24, 2.45) is 0 Å². The summed E-state index contributed by atoms with van der Waals surface area (Å²) < 4.78 is 0. The fourth-order valence-corrected chi connectivity index (χ4v) is 3.20. The van der Waals surface area contributed by atoms with Gasteiger partial charge in [0.05, 0.1) is 0 Å². The first-order chi connectivity index (χ1) is 13.2. The van der Waals surface area contributed by atoms with Gasteiger partial charge in [0.25, 0.3) is 0 Å². The molecule has 3 aromatic carbocycles. The zero-order valence-corrected chi connectivity index (χ0v) is 15.6. The van der Waals surface area contributed by atoms with Crippen molar-refractivity contribution in [3.05, 3.63) is 69.8 Å². The molecule has 0 bridgehead atoms. The minimum atomic E-state index is -0.0731. The minimum absolute atomic E-state index is 0.0276. The van der Waals surface area contributed by atoms with E-state index in [2.05, 4.69) is 0 Å². The van der Waals surface area contributed by atoms with Gasteiger partial charge < -0.3 is 30.6 Å². The van der Waals surface area contributed by atoms with E-state index in [1.807, 2.05) is 0 Å². The Balaban J connectivity index is 1.99. The highest BCUT2D eigenvalue weighted by Crippen LogP contribution is 2.37. The van der Waals surface area contributed by atoms with Gasteiger partial charge in [-0.3, -0.25) is 0 Å². The Morgan fingerprint density at radius 2 is 0.929 bits per heavy atom. The standard InChI is InChI=1S/C22H22O6/c1-11-18(24)5-3-13(20(11)26)7-15-9-17(23)10-16(22(15)28)8-14-4-6-19(25)12(2)21(14)27/h3-6,9-10,23-28H,7-8H2,1-2H3. The van der Waals surface area contributed by atoms with Crippen LogP contribution in [0.15, 0.2) is 36.4 Å². The summed E-state index contributed by atoms with van der Waals surface area (Å²) in [5, 5.41) is 60.6. The second-order valence-electron chi connectivity index (χ2n) is 6.90. The van der Waals surface area contributed by atoms with Crippen molar-refractivity contribution in [3.8, 4) is 34.5 Å². The molecule has 6 nitrogen and oxygen atoms in total. The number of hydrogen-bond donors (Lipinski definition) is 6. The molecule has 3 aromatic rings. The number of hydrogen-bond acceptors (Lipinski definition) is 6. The lowest BCUT2D eigenvalue weighted by Gasteiger charge is -2.14. The van der Waals surface area contributed by atoms with E-state index in [4.69, 9.17) is 0 Å². The molecule has 28 heavy (non-hydrogen) atoms. The van der Waals surface area contributed by atoms with E-state index < -0.39 is 0 Å². The van der Waals surface area contributed by atoms with E-state index in [9.17, 15) is 30.6 Å². The number of aromatic hydroxyl groups is 6. The van der Waals surface area contributed by atoms with Crippen molar-refractivity contribution in [1.29, 1.82) is 0 Å². The van der Waals surface area contributed by atoms with Crippen molar-refractivity contribution >= 4 is 0 Å². The van der Waals surface area contributed by atoms with Crippen LogP contribution in [0.3, 0.4) is 0 Å². The SMILES string of the molecule is Cc1c(O)ccc(Cc2cc(O)cc(Cc3ccc(O)c(C)c3O)c2O)c1O. The van der Waals surface area contributed by atoms with Gasteiger partial charge in [-0.15, -0.1) is 0 Å². The van der Waals surface area contributed by atoms with Gasteiger partial charge in [0.2, 0.25) is 0 Å². The normalized spacial score (nSPS) is 10.9. The van der Waals surface area contributed by atoms with Crippen molar-refractivity contribution in [1.82, 2.24) is 0 Å². The Hall–Kier alpha value is -3.54. The lowest BCUT2D eigenvalue weighted by molar-refractivity contribution is 0.436. The average Bonchev–Trinajstić information content (AvgIpc) is 2.66. The fraction of sp³-hybridized carbons (Fsp3) is 0.182. The van der Waals surface area contributed by atoms with E-state index >= 15 is 0 Å².